The van der Waals surface area contributed by atoms with Crippen molar-refractivity contribution < 1.29 is 19.1 Å². The lowest BCUT2D eigenvalue weighted by molar-refractivity contribution is -0.136. The summed E-state index contributed by atoms with van der Waals surface area (Å²) in [6.07, 6.45) is 0.832. The molecular weight excluding hydrogens is 298 g/mol. The van der Waals surface area contributed by atoms with E-state index in [9.17, 15) is 9.59 Å². The molecule has 1 unspecified atom stereocenters. The number of methoxy groups -OCH3 is 2. The molecule has 2 rings (SSSR count). The standard InChI is InChI=1S/C16H23N3O4/c1-18(15(20)4-6-17)14-5-7-19(16(14)21)11-8-12(22-2)10-13(9-11)23-3/h8-10,14H,4-7,17H2,1-3H3. The number of hydrogen-bond acceptors (Lipinski definition) is 5. The number of anilines is 1. The van der Waals surface area contributed by atoms with Crippen molar-refractivity contribution in [1.29, 1.82) is 0 Å². The van der Waals surface area contributed by atoms with Gasteiger partial charge in [-0.1, -0.05) is 0 Å². The average Bonchev–Trinajstić information content (AvgIpc) is 2.95. The Bertz CT molecular complexity index is 568. The maximum Gasteiger partial charge on any atom is 0.249 e. The fourth-order valence-electron chi connectivity index (χ4n) is 2.70. The molecule has 1 aliphatic heterocycles. The second-order valence-corrected chi connectivity index (χ2v) is 5.41. The third-order valence-corrected chi connectivity index (χ3v) is 4.04. The van der Waals surface area contributed by atoms with E-state index in [1.807, 2.05) is 0 Å². The van der Waals surface area contributed by atoms with Crippen molar-refractivity contribution in [3.8, 4) is 11.5 Å². The molecule has 1 aromatic rings. The van der Waals surface area contributed by atoms with Crippen LogP contribution in [-0.4, -0.2) is 57.1 Å². The molecule has 0 saturated carbocycles. The number of nitrogens with two attached hydrogens (primary N) is 1. The molecule has 0 radical (unpaired) electrons. The smallest absolute Gasteiger partial charge is 0.249 e. The van der Waals surface area contributed by atoms with Crippen molar-refractivity contribution in [3.63, 3.8) is 0 Å². The van der Waals surface area contributed by atoms with E-state index in [1.54, 1.807) is 44.4 Å². The zero-order valence-corrected chi connectivity index (χ0v) is 13.7. The van der Waals surface area contributed by atoms with Crippen LogP contribution in [0.2, 0.25) is 0 Å². The number of carbonyl (C=O) groups excluding carboxylic acids is 2. The Kier molecular flexibility index (Phi) is 5.44. The van der Waals surface area contributed by atoms with Crippen molar-refractivity contribution in [2.45, 2.75) is 18.9 Å². The van der Waals surface area contributed by atoms with Gasteiger partial charge >= 0.3 is 0 Å². The van der Waals surface area contributed by atoms with E-state index in [1.165, 1.54) is 4.90 Å². The highest BCUT2D eigenvalue weighted by molar-refractivity contribution is 6.01. The Morgan fingerprint density at radius 3 is 2.43 bits per heavy atom. The summed E-state index contributed by atoms with van der Waals surface area (Å²) >= 11 is 0. The molecule has 1 fully saturated rings. The number of carbonyl (C=O) groups is 2. The SMILES string of the molecule is COc1cc(OC)cc(N2CCC(N(C)C(=O)CCN)C2=O)c1. The van der Waals surface area contributed by atoms with Crippen LogP contribution in [0.25, 0.3) is 0 Å². The topological polar surface area (TPSA) is 85.1 Å². The number of benzene rings is 1. The van der Waals surface area contributed by atoms with Crippen molar-refractivity contribution in [1.82, 2.24) is 4.90 Å². The Balaban J connectivity index is 2.20. The van der Waals surface area contributed by atoms with Gasteiger partial charge < -0.3 is 25.0 Å². The second-order valence-electron chi connectivity index (χ2n) is 5.41. The summed E-state index contributed by atoms with van der Waals surface area (Å²) in [6.45, 7) is 0.820. The molecule has 0 spiro atoms. The van der Waals surface area contributed by atoms with E-state index in [-0.39, 0.29) is 24.8 Å². The van der Waals surface area contributed by atoms with Crippen molar-refractivity contribution >= 4 is 17.5 Å². The van der Waals surface area contributed by atoms with Gasteiger partial charge in [0.15, 0.2) is 0 Å². The second kappa shape index (κ2) is 7.32. The van der Waals surface area contributed by atoms with Crippen LogP contribution in [0.15, 0.2) is 18.2 Å². The molecule has 1 aliphatic rings. The monoisotopic (exact) mass is 321 g/mol. The van der Waals surface area contributed by atoms with Gasteiger partial charge in [0.2, 0.25) is 11.8 Å². The van der Waals surface area contributed by atoms with Crippen LogP contribution >= 0.6 is 0 Å². The molecule has 1 aromatic carbocycles. The maximum absolute atomic E-state index is 12.7. The van der Waals surface area contributed by atoms with Gasteiger partial charge in [-0.3, -0.25) is 9.59 Å². The fraction of sp³-hybridized carbons (Fsp3) is 0.500. The normalized spacial score (nSPS) is 17.3. The third-order valence-electron chi connectivity index (χ3n) is 4.04. The molecule has 1 saturated heterocycles. The molecule has 2 amide bonds. The molecule has 7 heteroatoms. The molecule has 23 heavy (non-hydrogen) atoms. The fourth-order valence-corrected chi connectivity index (χ4v) is 2.70. The summed E-state index contributed by atoms with van der Waals surface area (Å²) in [5.74, 6) is 1.01. The molecule has 2 N–H and O–H groups in total. The van der Waals surface area contributed by atoms with Gasteiger partial charge in [-0.05, 0) is 6.42 Å². The van der Waals surface area contributed by atoms with Crippen molar-refractivity contribution in [2.75, 3.05) is 39.3 Å². The Morgan fingerprint density at radius 2 is 1.91 bits per heavy atom. The largest absolute Gasteiger partial charge is 0.497 e. The molecule has 0 bridgehead atoms. The summed E-state index contributed by atoms with van der Waals surface area (Å²) in [4.78, 5) is 27.8. The number of rotatable bonds is 6. The Hall–Kier alpha value is -2.28. The van der Waals surface area contributed by atoms with Gasteiger partial charge in [-0.15, -0.1) is 0 Å². The molecular formula is C16H23N3O4. The quantitative estimate of drug-likeness (QED) is 0.830. The van der Waals surface area contributed by atoms with Gasteiger partial charge in [0.05, 0.1) is 19.9 Å². The number of ether oxygens (including phenoxy) is 2. The highest BCUT2D eigenvalue weighted by Gasteiger charge is 2.37. The van der Waals surface area contributed by atoms with E-state index in [0.717, 1.165) is 0 Å². The first-order valence-electron chi connectivity index (χ1n) is 7.52. The van der Waals surface area contributed by atoms with Gasteiger partial charge in [0.25, 0.3) is 0 Å². The average molecular weight is 321 g/mol. The number of amides is 2. The Labute approximate surface area is 135 Å². The third kappa shape index (κ3) is 3.56. The Morgan fingerprint density at radius 1 is 1.30 bits per heavy atom. The van der Waals surface area contributed by atoms with Crippen LogP contribution in [0.5, 0.6) is 11.5 Å². The highest BCUT2D eigenvalue weighted by Crippen LogP contribution is 2.31. The van der Waals surface area contributed by atoms with E-state index in [4.69, 9.17) is 15.2 Å². The van der Waals surface area contributed by atoms with Crippen molar-refractivity contribution in [2.24, 2.45) is 5.73 Å². The summed E-state index contributed by atoms with van der Waals surface area (Å²) in [6, 6.07) is 4.86. The van der Waals surface area contributed by atoms with Crippen LogP contribution in [0.1, 0.15) is 12.8 Å². The van der Waals surface area contributed by atoms with Crippen LogP contribution in [0.3, 0.4) is 0 Å². The molecule has 126 valence electrons. The molecule has 1 atom stereocenters. The first-order chi connectivity index (χ1) is 11.0. The first kappa shape index (κ1) is 17.1. The molecule has 1 heterocycles. The zero-order chi connectivity index (χ0) is 17.0. The minimum Gasteiger partial charge on any atom is -0.497 e. The summed E-state index contributed by atoms with van der Waals surface area (Å²) in [5, 5.41) is 0. The zero-order valence-electron chi connectivity index (χ0n) is 13.7. The number of hydrogen-bond donors (Lipinski definition) is 1. The summed E-state index contributed by atoms with van der Waals surface area (Å²) in [7, 11) is 4.77. The van der Waals surface area contributed by atoms with E-state index in [2.05, 4.69) is 0 Å². The lowest BCUT2D eigenvalue weighted by atomic mass is 10.2. The van der Waals surface area contributed by atoms with Crippen molar-refractivity contribution in [3.05, 3.63) is 18.2 Å². The van der Waals surface area contributed by atoms with Gasteiger partial charge in [-0.2, -0.15) is 0 Å². The summed E-state index contributed by atoms with van der Waals surface area (Å²) in [5.41, 5.74) is 6.11. The summed E-state index contributed by atoms with van der Waals surface area (Å²) < 4.78 is 10.5. The van der Waals surface area contributed by atoms with Crippen LogP contribution in [0.4, 0.5) is 5.69 Å². The lowest BCUT2D eigenvalue weighted by Crippen LogP contribution is -2.43. The molecule has 7 nitrogen and oxygen atoms in total. The van der Waals surface area contributed by atoms with Crippen LogP contribution in [0, 0.1) is 0 Å². The van der Waals surface area contributed by atoms with E-state index in [0.29, 0.717) is 30.2 Å². The van der Waals surface area contributed by atoms with Gasteiger partial charge in [-0.25, -0.2) is 0 Å². The van der Waals surface area contributed by atoms with Gasteiger partial charge in [0.1, 0.15) is 17.5 Å². The van der Waals surface area contributed by atoms with Crippen LogP contribution < -0.4 is 20.1 Å². The van der Waals surface area contributed by atoms with Crippen LogP contribution in [-0.2, 0) is 9.59 Å². The van der Waals surface area contributed by atoms with E-state index >= 15 is 0 Å². The molecule has 0 aliphatic carbocycles. The first-order valence-corrected chi connectivity index (χ1v) is 7.52. The van der Waals surface area contributed by atoms with E-state index < -0.39 is 6.04 Å². The minimum absolute atomic E-state index is 0.104. The molecule has 0 aromatic heterocycles. The van der Waals surface area contributed by atoms with Gasteiger partial charge in [0, 0.05) is 44.8 Å². The number of likely N-dealkylation sites (N-methyl/N-ethyl adjacent to an activating group) is 1. The lowest BCUT2D eigenvalue weighted by Gasteiger charge is -2.24. The predicted octanol–water partition coefficient (Wildman–Crippen LogP) is 0.616. The maximum atomic E-state index is 12.7. The predicted molar refractivity (Wildman–Crippen MR) is 86.7 cm³/mol. The highest BCUT2D eigenvalue weighted by atomic mass is 16.5. The minimum atomic E-state index is -0.453. The number of nitrogens with zero attached hydrogens (tertiary/aromatic N) is 2.